The number of aryl methyl sites for hydroxylation is 1. The maximum Gasteiger partial charge on any atom is 0.266 e. The van der Waals surface area contributed by atoms with Crippen molar-refractivity contribution in [1.82, 2.24) is 0 Å². The number of rotatable bonds is 10. The number of halogens is 2. The Labute approximate surface area is 266 Å². The van der Waals surface area contributed by atoms with E-state index in [2.05, 4.69) is 29.6 Å². The molecule has 0 saturated heterocycles. The summed E-state index contributed by atoms with van der Waals surface area (Å²) in [7, 11) is 1.57. The molecule has 0 unspecified atom stereocenters. The van der Waals surface area contributed by atoms with Gasteiger partial charge in [0.15, 0.2) is 0 Å². The molecule has 0 fully saturated rings. The molecule has 0 radical (unpaired) electrons. The molecule has 220 valence electrons. The van der Waals surface area contributed by atoms with E-state index in [1.54, 1.807) is 67.8 Å². The Balaban J connectivity index is 1.30. The first-order chi connectivity index (χ1) is 21.3. The first kappa shape index (κ1) is 30.5. The molecule has 0 heterocycles. The molecule has 1 N–H and O–H groups in total. The molecule has 0 aromatic heterocycles. The Bertz CT molecular complexity index is 1900. The highest BCUT2D eigenvalue weighted by Crippen LogP contribution is 2.30. The number of carbonyl (C=O) groups is 1. The summed E-state index contributed by atoms with van der Waals surface area (Å²) in [6.07, 6.45) is 1.51. The molecule has 0 aliphatic rings. The molecule has 0 atom stereocenters. The van der Waals surface area contributed by atoms with Gasteiger partial charge < -0.3 is 19.5 Å². The van der Waals surface area contributed by atoms with Crippen molar-refractivity contribution in [3.63, 3.8) is 0 Å². The number of methoxy groups -OCH3 is 1. The summed E-state index contributed by atoms with van der Waals surface area (Å²) in [5.74, 6) is 1.11. The van der Waals surface area contributed by atoms with E-state index in [4.69, 9.17) is 37.4 Å². The van der Waals surface area contributed by atoms with E-state index in [-0.39, 0.29) is 12.2 Å². The van der Waals surface area contributed by atoms with Crippen LogP contribution in [-0.4, -0.2) is 13.0 Å². The minimum Gasteiger partial charge on any atom is -0.497 e. The summed E-state index contributed by atoms with van der Waals surface area (Å²) >= 11 is 12.2. The van der Waals surface area contributed by atoms with E-state index in [0.29, 0.717) is 45.2 Å². The number of benzene rings is 5. The Hall–Kier alpha value is -4.96. The zero-order chi connectivity index (χ0) is 31.1. The van der Waals surface area contributed by atoms with Crippen molar-refractivity contribution in [3.05, 3.63) is 135 Å². The molecule has 1 amide bonds. The molecule has 0 spiro atoms. The lowest BCUT2D eigenvalue weighted by atomic mass is 10.0. The summed E-state index contributed by atoms with van der Waals surface area (Å²) in [6.45, 7) is 2.60. The predicted octanol–water partition coefficient (Wildman–Crippen LogP) is 9.17. The molecule has 5 aromatic rings. The van der Waals surface area contributed by atoms with Crippen LogP contribution in [0.25, 0.3) is 16.8 Å². The second kappa shape index (κ2) is 14.0. The number of hydrogen-bond donors (Lipinski definition) is 1. The lowest BCUT2D eigenvalue weighted by Crippen LogP contribution is -2.13. The van der Waals surface area contributed by atoms with Crippen LogP contribution in [0.2, 0.25) is 10.0 Å². The van der Waals surface area contributed by atoms with Crippen LogP contribution in [0.3, 0.4) is 0 Å². The molecular weight excluding hydrogens is 595 g/mol. The largest absolute Gasteiger partial charge is 0.497 e. The minimum atomic E-state index is -0.555. The van der Waals surface area contributed by atoms with Gasteiger partial charge in [-0.3, -0.25) is 4.79 Å². The van der Waals surface area contributed by atoms with Crippen molar-refractivity contribution in [2.24, 2.45) is 0 Å². The number of amides is 1. The van der Waals surface area contributed by atoms with Crippen LogP contribution in [0, 0.1) is 18.3 Å². The maximum atomic E-state index is 13.1. The monoisotopic (exact) mass is 622 g/mol. The average Bonchev–Trinajstić information content (AvgIpc) is 3.03. The first-order valence-electron chi connectivity index (χ1n) is 13.7. The molecular formula is C36H28Cl2N2O4. The zero-order valence-corrected chi connectivity index (χ0v) is 25.6. The average molecular weight is 624 g/mol. The van der Waals surface area contributed by atoms with Crippen molar-refractivity contribution < 1.29 is 19.0 Å². The summed E-state index contributed by atoms with van der Waals surface area (Å²) in [5, 5.41) is 15.9. The van der Waals surface area contributed by atoms with E-state index in [9.17, 15) is 10.1 Å². The SMILES string of the molecule is COc1ccc(/C=C(\C#N)C(=O)Nc2ccc(OCc3ccc(Cl)cc3Cl)cc2)c(OCc2c(C)ccc3ccccc23)c1. The molecule has 6 nitrogen and oxygen atoms in total. The fraction of sp³-hybridized carbons (Fsp3) is 0.111. The fourth-order valence-corrected chi connectivity index (χ4v) is 5.07. The minimum absolute atomic E-state index is 0.0842. The quantitative estimate of drug-likeness (QED) is 0.124. The van der Waals surface area contributed by atoms with Gasteiger partial charge in [-0.1, -0.05) is 65.7 Å². The number of nitrogens with one attached hydrogen (secondary N) is 1. The first-order valence-corrected chi connectivity index (χ1v) is 14.5. The maximum absolute atomic E-state index is 13.1. The van der Waals surface area contributed by atoms with Crippen molar-refractivity contribution in [2.75, 3.05) is 12.4 Å². The van der Waals surface area contributed by atoms with Gasteiger partial charge in [0, 0.05) is 38.5 Å². The molecule has 0 saturated carbocycles. The highest BCUT2D eigenvalue weighted by molar-refractivity contribution is 6.35. The number of nitrogens with zero attached hydrogens (tertiary/aromatic N) is 1. The topological polar surface area (TPSA) is 80.6 Å². The van der Waals surface area contributed by atoms with Gasteiger partial charge in [0.2, 0.25) is 0 Å². The molecule has 0 aliphatic carbocycles. The molecule has 5 aromatic carbocycles. The molecule has 0 aliphatic heterocycles. The van der Waals surface area contributed by atoms with Crippen molar-refractivity contribution in [2.45, 2.75) is 20.1 Å². The van der Waals surface area contributed by atoms with Crippen LogP contribution < -0.4 is 19.5 Å². The van der Waals surface area contributed by atoms with E-state index in [1.807, 2.05) is 25.1 Å². The normalized spacial score (nSPS) is 11.1. The summed E-state index contributed by atoms with van der Waals surface area (Å²) < 4.78 is 17.5. The van der Waals surface area contributed by atoms with Gasteiger partial charge in [-0.2, -0.15) is 5.26 Å². The third kappa shape index (κ3) is 7.33. The Morgan fingerprint density at radius 2 is 1.66 bits per heavy atom. The van der Waals surface area contributed by atoms with Gasteiger partial charge in [-0.05, 0) is 77.9 Å². The number of nitriles is 1. The van der Waals surface area contributed by atoms with Crippen LogP contribution in [0.5, 0.6) is 17.2 Å². The predicted molar refractivity (Wildman–Crippen MR) is 175 cm³/mol. The Morgan fingerprint density at radius 1 is 0.886 bits per heavy atom. The van der Waals surface area contributed by atoms with Gasteiger partial charge in [0.25, 0.3) is 5.91 Å². The van der Waals surface area contributed by atoms with Gasteiger partial charge in [0.05, 0.1) is 7.11 Å². The number of hydrogen-bond acceptors (Lipinski definition) is 5. The second-order valence-corrected chi connectivity index (χ2v) is 10.8. The molecule has 0 bridgehead atoms. The summed E-state index contributed by atoms with van der Waals surface area (Å²) in [4.78, 5) is 13.1. The lowest BCUT2D eigenvalue weighted by Gasteiger charge is -2.15. The summed E-state index contributed by atoms with van der Waals surface area (Å²) in [5.41, 5.74) is 3.95. The summed E-state index contributed by atoms with van der Waals surface area (Å²) in [6, 6.07) is 31.6. The standard InChI is InChI=1S/C36H28Cl2N2O4/c1-23-7-8-24-5-3-4-6-32(24)33(23)22-44-35-19-31(42-2)14-10-25(35)17-27(20-39)36(41)40-29-12-15-30(16-13-29)43-21-26-9-11-28(37)18-34(26)38/h3-19H,21-22H2,1-2H3,(H,40,41)/b27-17+. The van der Waals surface area contributed by atoms with Crippen molar-refractivity contribution in [1.29, 1.82) is 5.26 Å². The number of ether oxygens (including phenoxy) is 3. The van der Waals surface area contributed by atoms with Crippen LogP contribution in [0.1, 0.15) is 22.3 Å². The van der Waals surface area contributed by atoms with E-state index < -0.39 is 5.91 Å². The number of anilines is 1. The number of carbonyl (C=O) groups excluding carboxylic acids is 1. The number of fused-ring (bicyclic) bond motifs is 1. The van der Waals surface area contributed by atoms with Crippen molar-refractivity contribution in [3.8, 4) is 23.3 Å². The third-order valence-electron chi connectivity index (χ3n) is 7.05. The fourth-order valence-electron chi connectivity index (χ4n) is 4.61. The smallest absolute Gasteiger partial charge is 0.266 e. The Kier molecular flexibility index (Phi) is 9.71. The van der Waals surface area contributed by atoms with Crippen LogP contribution >= 0.6 is 23.2 Å². The second-order valence-electron chi connectivity index (χ2n) is 9.95. The van der Waals surface area contributed by atoms with E-state index in [0.717, 1.165) is 27.5 Å². The third-order valence-corrected chi connectivity index (χ3v) is 7.64. The van der Waals surface area contributed by atoms with Crippen LogP contribution in [0.4, 0.5) is 5.69 Å². The van der Waals surface area contributed by atoms with Gasteiger partial charge >= 0.3 is 0 Å². The molecule has 8 heteroatoms. The van der Waals surface area contributed by atoms with Crippen LogP contribution in [-0.2, 0) is 18.0 Å². The zero-order valence-electron chi connectivity index (χ0n) is 24.1. The van der Waals surface area contributed by atoms with Crippen molar-refractivity contribution >= 4 is 51.6 Å². The van der Waals surface area contributed by atoms with Gasteiger partial charge in [-0.25, -0.2) is 0 Å². The van der Waals surface area contributed by atoms with E-state index in [1.165, 1.54) is 6.08 Å². The van der Waals surface area contributed by atoms with Gasteiger partial charge in [0.1, 0.15) is 42.1 Å². The lowest BCUT2D eigenvalue weighted by molar-refractivity contribution is -0.112. The van der Waals surface area contributed by atoms with Crippen LogP contribution in [0.15, 0.2) is 103 Å². The highest BCUT2D eigenvalue weighted by atomic mass is 35.5. The Morgan fingerprint density at radius 3 is 2.41 bits per heavy atom. The molecule has 5 rings (SSSR count). The molecule has 44 heavy (non-hydrogen) atoms. The van der Waals surface area contributed by atoms with Gasteiger partial charge in [-0.15, -0.1) is 0 Å². The highest BCUT2D eigenvalue weighted by Gasteiger charge is 2.14. The van der Waals surface area contributed by atoms with E-state index >= 15 is 0 Å².